The van der Waals surface area contributed by atoms with E-state index in [9.17, 15) is 9.59 Å². The molecule has 2 aromatic rings. The maximum Gasteiger partial charge on any atom is 0.336 e. The van der Waals surface area contributed by atoms with Gasteiger partial charge < -0.3 is 10.1 Å². The van der Waals surface area contributed by atoms with Crippen LogP contribution in [0.25, 0.3) is 0 Å². The average Bonchev–Trinajstić information content (AvgIpc) is 3.22. The first kappa shape index (κ1) is 18.7. The molecule has 4 nitrogen and oxygen atoms in total. The number of hydrogen-bond acceptors (Lipinski definition) is 5. The molecule has 1 aliphatic heterocycles. The molecule has 0 saturated carbocycles. The number of dihydropyridines is 1. The quantitative estimate of drug-likeness (QED) is 0.760. The van der Waals surface area contributed by atoms with E-state index in [1.807, 2.05) is 54.8 Å². The first-order valence-corrected chi connectivity index (χ1v) is 10.5. The van der Waals surface area contributed by atoms with Crippen LogP contribution in [0.2, 0.25) is 0 Å². The maximum atomic E-state index is 13.0. The second-order valence-electron chi connectivity index (χ2n) is 7.15. The molecule has 0 amide bonds. The Balaban J connectivity index is 1.59. The minimum absolute atomic E-state index is 0.134. The number of thiophene rings is 1. The zero-order valence-electron chi connectivity index (χ0n) is 15.9. The Bertz CT molecular complexity index is 941. The van der Waals surface area contributed by atoms with Gasteiger partial charge in [0, 0.05) is 34.7 Å². The Morgan fingerprint density at radius 1 is 1.18 bits per heavy atom. The molecule has 1 aliphatic carbocycles. The smallest absolute Gasteiger partial charge is 0.336 e. The Labute approximate surface area is 168 Å². The molecule has 28 heavy (non-hydrogen) atoms. The zero-order chi connectivity index (χ0) is 19.5. The van der Waals surface area contributed by atoms with Crippen molar-refractivity contribution in [1.82, 2.24) is 5.32 Å². The molecule has 144 valence electrons. The molecule has 0 spiro atoms. The van der Waals surface area contributed by atoms with Gasteiger partial charge in [0.05, 0.1) is 18.1 Å². The van der Waals surface area contributed by atoms with Gasteiger partial charge in [-0.05, 0) is 36.8 Å². The highest BCUT2D eigenvalue weighted by Crippen LogP contribution is 2.43. The van der Waals surface area contributed by atoms with Crippen molar-refractivity contribution in [2.24, 2.45) is 0 Å². The van der Waals surface area contributed by atoms with Crippen molar-refractivity contribution in [2.45, 2.75) is 38.5 Å². The number of benzene rings is 1. The van der Waals surface area contributed by atoms with Crippen molar-refractivity contribution < 1.29 is 14.3 Å². The Morgan fingerprint density at radius 2 is 2.00 bits per heavy atom. The third-order valence-electron chi connectivity index (χ3n) is 5.29. The summed E-state index contributed by atoms with van der Waals surface area (Å²) in [6, 6.07) is 13.9. The summed E-state index contributed by atoms with van der Waals surface area (Å²) >= 11 is 1.58. The largest absolute Gasteiger partial charge is 0.462 e. The Hall–Kier alpha value is -2.66. The molecule has 5 heteroatoms. The molecule has 4 rings (SSSR count). The van der Waals surface area contributed by atoms with E-state index in [1.165, 1.54) is 0 Å². The number of carbonyl (C=O) groups excluding carboxylic acids is 2. The fraction of sp³-hybridized carbons (Fsp3) is 0.304. The summed E-state index contributed by atoms with van der Waals surface area (Å²) in [5.41, 5.74) is 4.19. The van der Waals surface area contributed by atoms with Crippen molar-refractivity contribution in [1.29, 1.82) is 0 Å². The average molecular weight is 394 g/mol. The van der Waals surface area contributed by atoms with Crippen LogP contribution in [0.4, 0.5) is 0 Å². The fourth-order valence-corrected chi connectivity index (χ4v) is 4.82. The van der Waals surface area contributed by atoms with Gasteiger partial charge in [0.2, 0.25) is 0 Å². The van der Waals surface area contributed by atoms with E-state index in [2.05, 4.69) is 5.32 Å². The molecule has 1 N–H and O–H groups in total. The van der Waals surface area contributed by atoms with E-state index in [1.54, 1.807) is 11.3 Å². The molecule has 1 aromatic carbocycles. The highest BCUT2D eigenvalue weighted by atomic mass is 32.1. The van der Waals surface area contributed by atoms with Gasteiger partial charge in [-0.2, -0.15) is 0 Å². The van der Waals surface area contributed by atoms with Crippen molar-refractivity contribution in [3.05, 3.63) is 80.8 Å². The van der Waals surface area contributed by atoms with E-state index in [0.29, 0.717) is 25.0 Å². The number of esters is 1. The molecule has 0 saturated heterocycles. The summed E-state index contributed by atoms with van der Waals surface area (Å²) in [4.78, 5) is 26.8. The van der Waals surface area contributed by atoms with Gasteiger partial charge >= 0.3 is 5.97 Å². The van der Waals surface area contributed by atoms with Gasteiger partial charge in [0.1, 0.15) is 0 Å². The number of nitrogens with one attached hydrogen (secondary N) is 1. The van der Waals surface area contributed by atoms with Crippen LogP contribution in [0.3, 0.4) is 0 Å². The summed E-state index contributed by atoms with van der Waals surface area (Å²) in [7, 11) is 0. The first-order chi connectivity index (χ1) is 13.6. The van der Waals surface area contributed by atoms with Crippen LogP contribution in [0.15, 0.2) is 70.4 Å². The third kappa shape index (κ3) is 3.67. The number of ether oxygens (including phenoxy) is 1. The van der Waals surface area contributed by atoms with E-state index in [4.69, 9.17) is 4.74 Å². The third-order valence-corrected chi connectivity index (χ3v) is 6.23. The fourth-order valence-electron chi connectivity index (χ4n) is 3.98. The van der Waals surface area contributed by atoms with E-state index in [-0.39, 0.29) is 17.7 Å². The molecule has 0 radical (unpaired) electrons. The molecule has 2 aliphatic rings. The SMILES string of the molecule is CC1=C(C(=O)OCCc2ccccc2)C(c2cccs2)C2=C(CCCC2=O)N1. The summed E-state index contributed by atoms with van der Waals surface area (Å²) in [5, 5.41) is 5.31. The van der Waals surface area contributed by atoms with Gasteiger partial charge in [-0.15, -0.1) is 11.3 Å². The second kappa shape index (κ2) is 8.15. The number of allylic oxidation sites excluding steroid dienone is 3. The molecular formula is C23H23NO3S. The molecule has 1 aromatic heterocycles. The summed E-state index contributed by atoms with van der Waals surface area (Å²) in [5.74, 6) is -0.535. The minimum Gasteiger partial charge on any atom is -0.462 e. The van der Waals surface area contributed by atoms with Crippen molar-refractivity contribution in [3.8, 4) is 0 Å². The second-order valence-corrected chi connectivity index (χ2v) is 8.13. The number of hydrogen-bond donors (Lipinski definition) is 1. The lowest BCUT2D eigenvalue weighted by molar-refractivity contribution is -0.139. The summed E-state index contributed by atoms with van der Waals surface area (Å²) in [6.07, 6.45) is 2.91. The molecule has 2 heterocycles. The monoisotopic (exact) mass is 393 g/mol. The van der Waals surface area contributed by atoms with Gasteiger partial charge in [0.15, 0.2) is 5.78 Å². The Kier molecular flexibility index (Phi) is 5.44. The lowest BCUT2D eigenvalue weighted by Gasteiger charge is -2.33. The van der Waals surface area contributed by atoms with Gasteiger partial charge in [0.25, 0.3) is 0 Å². The van der Waals surface area contributed by atoms with Crippen molar-refractivity contribution >= 4 is 23.1 Å². The number of ketones is 1. The molecular weight excluding hydrogens is 370 g/mol. The van der Waals surface area contributed by atoms with E-state index >= 15 is 0 Å². The molecule has 0 fully saturated rings. The number of rotatable bonds is 5. The molecule has 1 unspecified atom stereocenters. The number of carbonyl (C=O) groups is 2. The van der Waals surface area contributed by atoms with Crippen LogP contribution in [0, 0.1) is 0 Å². The van der Waals surface area contributed by atoms with Gasteiger partial charge in [-0.3, -0.25) is 4.79 Å². The highest BCUT2D eigenvalue weighted by Gasteiger charge is 2.39. The van der Waals surface area contributed by atoms with Crippen LogP contribution < -0.4 is 5.32 Å². The molecule has 0 bridgehead atoms. The van der Waals surface area contributed by atoms with E-state index < -0.39 is 0 Å². The topological polar surface area (TPSA) is 55.4 Å². The van der Waals surface area contributed by atoms with Crippen LogP contribution in [0.5, 0.6) is 0 Å². The minimum atomic E-state index is -0.343. The zero-order valence-corrected chi connectivity index (χ0v) is 16.7. The maximum absolute atomic E-state index is 13.0. The predicted molar refractivity (Wildman–Crippen MR) is 110 cm³/mol. The normalized spacial score (nSPS) is 19.3. The first-order valence-electron chi connectivity index (χ1n) is 9.63. The van der Waals surface area contributed by atoms with Crippen LogP contribution in [0.1, 0.15) is 42.5 Å². The summed E-state index contributed by atoms with van der Waals surface area (Å²) in [6.45, 7) is 2.22. The van der Waals surface area contributed by atoms with Crippen molar-refractivity contribution in [3.63, 3.8) is 0 Å². The standard InChI is InChI=1S/C23H23NO3S/c1-15-20(23(26)27-13-12-16-7-3-2-4-8-16)22(19-11-6-14-28-19)21-17(24-15)9-5-10-18(21)25/h2-4,6-8,11,14,22,24H,5,9-10,12-13H2,1H3. The van der Waals surface area contributed by atoms with Crippen LogP contribution in [-0.4, -0.2) is 18.4 Å². The van der Waals surface area contributed by atoms with E-state index in [0.717, 1.165) is 40.2 Å². The van der Waals surface area contributed by atoms with Crippen LogP contribution in [-0.2, 0) is 20.7 Å². The van der Waals surface area contributed by atoms with Gasteiger partial charge in [-0.1, -0.05) is 36.4 Å². The van der Waals surface area contributed by atoms with Crippen molar-refractivity contribution in [2.75, 3.05) is 6.61 Å². The predicted octanol–water partition coefficient (Wildman–Crippen LogP) is 4.50. The highest BCUT2D eigenvalue weighted by molar-refractivity contribution is 7.10. The lowest BCUT2D eigenvalue weighted by Crippen LogP contribution is -2.34. The van der Waals surface area contributed by atoms with Crippen LogP contribution >= 0.6 is 11.3 Å². The Morgan fingerprint density at radius 3 is 2.75 bits per heavy atom. The lowest BCUT2D eigenvalue weighted by atomic mass is 9.78. The summed E-state index contributed by atoms with van der Waals surface area (Å²) < 4.78 is 5.63. The molecule has 1 atom stereocenters. The number of Topliss-reactive ketones (excluding diaryl/α,β-unsaturated/α-hetero) is 1. The van der Waals surface area contributed by atoms with Gasteiger partial charge in [-0.25, -0.2) is 4.79 Å².